The number of nitrogens with zero attached hydrogens (tertiary/aromatic N) is 3. The first-order valence-corrected chi connectivity index (χ1v) is 7.25. The first-order chi connectivity index (χ1) is 11.3. The molecule has 2 heterocycles. The highest BCUT2D eigenvalue weighted by molar-refractivity contribution is 5.92. The molecule has 0 atom stereocenters. The number of methoxy groups -OCH3 is 2. The normalized spacial score (nSPS) is 11.0. The Morgan fingerprint density at radius 1 is 0.957 bits per heavy atom. The van der Waals surface area contributed by atoms with Crippen molar-refractivity contribution in [1.29, 1.82) is 0 Å². The van der Waals surface area contributed by atoms with E-state index in [1.807, 2.05) is 30.5 Å². The number of aromatic nitrogens is 3. The predicted octanol–water partition coefficient (Wildman–Crippen LogP) is 3.59. The van der Waals surface area contributed by atoms with Crippen LogP contribution in [0.1, 0.15) is 0 Å². The third-order valence-electron chi connectivity index (χ3n) is 3.98. The van der Waals surface area contributed by atoms with E-state index in [1.165, 1.54) is 5.39 Å². The molecule has 4 aromatic rings. The second-order valence-corrected chi connectivity index (χ2v) is 5.20. The van der Waals surface area contributed by atoms with Crippen molar-refractivity contribution in [3.8, 4) is 17.2 Å². The minimum atomic E-state index is 0.642. The van der Waals surface area contributed by atoms with E-state index >= 15 is 0 Å². The van der Waals surface area contributed by atoms with E-state index in [2.05, 4.69) is 33.0 Å². The number of hydrogen-bond acceptors (Lipinski definition) is 4. The molecule has 0 amide bonds. The number of rotatable bonds is 3. The number of ether oxygens (including phenoxy) is 2. The van der Waals surface area contributed by atoms with Gasteiger partial charge in [0.1, 0.15) is 0 Å². The van der Waals surface area contributed by atoms with Crippen LogP contribution in [0.15, 0.2) is 54.9 Å². The van der Waals surface area contributed by atoms with Crippen molar-refractivity contribution in [3.63, 3.8) is 0 Å². The molecule has 5 heteroatoms. The molecule has 0 fully saturated rings. The highest BCUT2D eigenvalue weighted by atomic mass is 16.5. The fraction of sp³-hybridized carbons (Fsp3) is 0.111. The van der Waals surface area contributed by atoms with Crippen LogP contribution in [0.4, 0.5) is 0 Å². The Morgan fingerprint density at radius 2 is 1.74 bits per heavy atom. The Morgan fingerprint density at radius 3 is 2.57 bits per heavy atom. The van der Waals surface area contributed by atoms with E-state index in [9.17, 15) is 0 Å². The minimum Gasteiger partial charge on any atom is -0.493 e. The number of benzene rings is 2. The lowest BCUT2D eigenvalue weighted by Crippen LogP contribution is -1.98. The van der Waals surface area contributed by atoms with Gasteiger partial charge in [-0.2, -0.15) is 10.2 Å². The van der Waals surface area contributed by atoms with Gasteiger partial charge in [0.15, 0.2) is 11.5 Å². The Balaban J connectivity index is 2.03. The zero-order chi connectivity index (χ0) is 15.8. The summed E-state index contributed by atoms with van der Waals surface area (Å²) in [7, 11) is 3.24. The van der Waals surface area contributed by atoms with Gasteiger partial charge in [-0.1, -0.05) is 18.2 Å². The van der Waals surface area contributed by atoms with Gasteiger partial charge in [-0.05, 0) is 23.6 Å². The molecule has 0 aliphatic rings. The van der Waals surface area contributed by atoms with Crippen molar-refractivity contribution in [2.75, 3.05) is 14.2 Å². The predicted molar refractivity (Wildman–Crippen MR) is 89.5 cm³/mol. The summed E-state index contributed by atoms with van der Waals surface area (Å²) in [6.45, 7) is 0. The SMILES string of the molecule is COc1cc2nncc(-n3ccc4ccccc43)c2cc1OC. The van der Waals surface area contributed by atoms with Crippen molar-refractivity contribution in [2.24, 2.45) is 0 Å². The van der Waals surface area contributed by atoms with Crippen LogP contribution in [-0.2, 0) is 0 Å². The molecule has 2 aromatic heterocycles. The zero-order valence-electron chi connectivity index (χ0n) is 12.9. The highest BCUT2D eigenvalue weighted by Crippen LogP contribution is 2.34. The third kappa shape index (κ3) is 2.09. The zero-order valence-corrected chi connectivity index (χ0v) is 12.9. The maximum atomic E-state index is 5.42. The number of para-hydroxylation sites is 1. The van der Waals surface area contributed by atoms with Crippen molar-refractivity contribution in [3.05, 3.63) is 54.9 Å². The molecule has 0 N–H and O–H groups in total. The molecule has 0 aliphatic carbocycles. The summed E-state index contributed by atoms with van der Waals surface area (Å²) < 4.78 is 12.9. The molecule has 0 radical (unpaired) electrons. The smallest absolute Gasteiger partial charge is 0.162 e. The molecular formula is C18H15N3O2. The van der Waals surface area contributed by atoms with E-state index in [0.29, 0.717) is 11.5 Å². The van der Waals surface area contributed by atoms with Gasteiger partial charge in [0.2, 0.25) is 0 Å². The van der Waals surface area contributed by atoms with E-state index in [0.717, 1.165) is 22.1 Å². The van der Waals surface area contributed by atoms with Gasteiger partial charge in [0.05, 0.1) is 37.1 Å². The summed E-state index contributed by atoms with van der Waals surface area (Å²) in [5, 5.41) is 10.5. The van der Waals surface area contributed by atoms with Gasteiger partial charge in [0, 0.05) is 17.6 Å². The van der Waals surface area contributed by atoms with E-state index in [-0.39, 0.29) is 0 Å². The standard InChI is InChI=1S/C18H15N3O2/c1-22-17-9-13-14(10-18(17)23-2)20-19-11-16(13)21-8-7-12-5-3-4-6-15(12)21/h3-11H,1-2H3. The summed E-state index contributed by atoms with van der Waals surface area (Å²) in [6.07, 6.45) is 3.80. The molecule has 5 nitrogen and oxygen atoms in total. The average molecular weight is 305 g/mol. The summed E-state index contributed by atoms with van der Waals surface area (Å²) in [4.78, 5) is 0. The van der Waals surface area contributed by atoms with Crippen molar-refractivity contribution >= 4 is 21.8 Å². The molecule has 0 saturated carbocycles. The molecular weight excluding hydrogens is 290 g/mol. The fourth-order valence-corrected chi connectivity index (χ4v) is 2.86. The van der Waals surface area contributed by atoms with Gasteiger partial charge in [-0.15, -0.1) is 0 Å². The first-order valence-electron chi connectivity index (χ1n) is 7.25. The Labute approximate surface area is 133 Å². The van der Waals surface area contributed by atoms with Gasteiger partial charge in [0.25, 0.3) is 0 Å². The topological polar surface area (TPSA) is 49.2 Å². The first kappa shape index (κ1) is 13.6. The lowest BCUT2D eigenvalue weighted by molar-refractivity contribution is 0.355. The monoisotopic (exact) mass is 305 g/mol. The van der Waals surface area contributed by atoms with Crippen LogP contribution in [0.2, 0.25) is 0 Å². The molecule has 114 valence electrons. The molecule has 2 aromatic carbocycles. The van der Waals surface area contributed by atoms with Crippen LogP contribution in [0.5, 0.6) is 11.5 Å². The fourth-order valence-electron chi connectivity index (χ4n) is 2.86. The van der Waals surface area contributed by atoms with E-state index < -0.39 is 0 Å². The van der Waals surface area contributed by atoms with Gasteiger partial charge in [-0.25, -0.2) is 0 Å². The van der Waals surface area contributed by atoms with Crippen LogP contribution in [0.3, 0.4) is 0 Å². The highest BCUT2D eigenvalue weighted by Gasteiger charge is 2.12. The molecule has 0 spiro atoms. The van der Waals surface area contributed by atoms with Crippen LogP contribution < -0.4 is 9.47 Å². The summed E-state index contributed by atoms with van der Waals surface area (Å²) in [5.41, 5.74) is 2.84. The second-order valence-electron chi connectivity index (χ2n) is 5.20. The molecule has 4 rings (SSSR count). The molecule has 0 unspecified atom stereocenters. The maximum Gasteiger partial charge on any atom is 0.162 e. The van der Waals surface area contributed by atoms with Crippen molar-refractivity contribution in [1.82, 2.24) is 14.8 Å². The lowest BCUT2D eigenvalue weighted by atomic mass is 10.1. The Kier molecular flexibility index (Phi) is 3.12. The molecule has 0 aliphatic heterocycles. The Bertz CT molecular complexity index is 1010. The second kappa shape index (κ2) is 5.28. The quantitative estimate of drug-likeness (QED) is 0.580. The third-order valence-corrected chi connectivity index (χ3v) is 3.98. The summed E-state index contributed by atoms with van der Waals surface area (Å²) in [5.74, 6) is 1.31. The summed E-state index contributed by atoms with van der Waals surface area (Å²) >= 11 is 0. The number of fused-ring (bicyclic) bond motifs is 2. The van der Waals surface area contributed by atoms with Crippen LogP contribution in [0, 0.1) is 0 Å². The van der Waals surface area contributed by atoms with Gasteiger partial charge < -0.3 is 14.0 Å². The molecule has 0 saturated heterocycles. The average Bonchev–Trinajstić information content (AvgIpc) is 3.03. The molecule has 23 heavy (non-hydrogen) atoms. The van der Waals surface area contributed by atoms with Gasteiger partial charge >= 0.3 is 0 Å². The molecule has 0 bridgehead atoms. The lowest BCUT2D eigenvalue weighted by Gasteiger charge is -2.12. The number of hydrogen-bond donors (Lipinski definition) is 0. The van der Waals surface area contributed by atoms with Crippen molar-refractivity contribution in [2.45, 2.75) is 0 Å². The largest absolute Gasteiger partial charge is 0.493 e. The van der Waals surface area contributed by atoms with Crippen LogP contribution in [-0.4, -0.2) is 29.0 Å². The summed E-state index contributed by atoms with van der Waals surface area (Å²) in [6, 6.07) is 14.1. The van der Waals surface area contributed by atoms with E-state index in [4.69, 9.17) is 9.47 Å². The van der Waals surface area contributed by atoms with Crippen LogP contribution in [0.25, 0.3) is 27.5 Å². The van der Waals surface area contributed by atoms with Crippen LogP contribution >= 0.6 is 0 Å². The van der Waals surface area contributed by atoms with Crippen molar-refractivity contribution < 1.29 is 9.47 Å². The van der Waals surface area contributed by atoms with Gasteiger partial charge in [-0.3, -0.25) is 0 Å². The Hall–Kier alpha value is -3.08. The van der Waals surface area contributed by atoms with E-state index in [1.54, 1.807) is 20.4 Å². The maximum absolute atomic E-state index is 5.42. The minimum absolute atomic E-state index is 0.642.